The zero-order valence-electron chi connectivity index (χ0n) is 13.6. The third-order valence-electron chi connectivity index (χ3n) is 3.61. The lowest BCUT2D eigenvalue weighted by molar-refractivity contribution is -0.120. The summed E-state index contributed by atoms with van der Waals surface area (Å²) in [4.78, 5) is 16.2. The first-order valence-corrected chi connectivity index (χ1v) is 8.03. The van der Waals surface area contributed by atoms with E-state index in [0.29, 0.717) is 16.5 Å². The van der Waals surface area contributed by atoms with E-state index in [0.717, 1.165) is 16.5 Å². The zero-order chi connectivity index (χ0) is 17.6. The van der Waals surface area contributed by atoms with Gasteiger partial charge in [0.2, 0.25) is 5.91 Å². The Balaban J connectivity index is 1.70. The van der Waals surface area contributed by atoms with Gasteiger partial charge in [0.15, 0.2) is 0 Å². The minimum Gasteiger partial charge on any atom is -0.497 e. The van der Waals surface area contributed by atoms with Gasteiger partial charge in [0.05, 0.1) is 25.3 Å². The molecular weight excluding hydrogens is 338 g/mol. The van der Waals surface area contributed by atoms with Crippen LogP contribution in [-0.4, -0.2) is 24.2 Å². The van der Waals surface area contributed by atoms with E-state index in [1.807, 2.05) is 54.6 Å². The molecule has 0 radical (unpaired) electrons. The first-order chi connectivity index (χ1) is 12.2. The topological polar surface area (TPSA) is 63.6 Å². The van der Waals surface area contributed by atoms with Gasteiger partial charge in [0, 0.05) is 17.0 Å². The number of aromatic nitrogens is 1. The lowest BCUT2D eigenvalue weighted by Gasteiger charge is -2.05. The maximum Gasteiger partial charge on any atom is 0.244 e. The van der Waals surface area contributed by atoms with Gasteiger partial charge in [-0.2, -0.15) is 5.10 Å². The van der Waals surface area contributed by atoms with Crippen molar-refractivity contribution in [3.05, 3.63) is 70.9 Å². The molecule has 2 aromatic carbocycles. The van der Waals surface area contributed by atoms with Crippen LogP contribution >= 0.6 is 11.6 Å². The molecule has 3 rings (SSSR count). The Kier molecular flexibility index (Phi) is 5.26. The van der Waals surface area contributed by atoms with Crippen molar-refractivity contribution in [1.29, 1.82) is 0 Å². The van der Waals surface area contributed by atoms with Crippen LogP contribution in [0.25, 0.3) is 10.9 Å². The molecule has 0 spiro atoms. The summed E-state index contributed by atoms with van der Waals surface area (Å²) in [6.45, 7) is 0. The molecule has 5 nitrogen and oxygen atoms in total. The average molecular weight is 354 g/mol. The largest absolute Gasteiger partial charge is 0.497 e. The minimum absolute atomic E-state index is 0.197. The Morgan fingerprint density at radius 1 is 1.24 bits per heavy atom. The normalized spacial score (nSPS) is 11.0. The number of carbonyl (C=O) groups excluding carboxylic acids is 1. The predicted molar refractivity (Wildman–Crippen MR) is 99.2 cm³/mol. The van der Waals surface area contributed by atoms with Gasteiger partial charge in [-0.3, -0.25) is 4.79 Å². The number of hydrogen-bond donors (Lipinski definition) is 1. The van der Waals surface area contributed by atoms with Crippen molar-refractivity contribution in [1.82, 2.24) is 10.4 Å². The van der Waals surface area contributed by atoms with Gasteiger partial charge in [-0.1, -0.05) is 41.9 Å². The molecule has 3 aromatic rings. The van der Waals surface area contributed by atoms with Crippen molar-refractivity contribution in [2.45, 2.75) is 6.42 Å². The van der Waals surface area contributed by atoms with Crippen LogP contribution < -0.4 is 10.2 Å². The number of nitrogens with zero attached hydrogens (tertiary/aromatic N) is 2. The molecule has 0 saturated carbocycles. The number of benzene rings is 2. The summed E-state index contributed by atoms with van der Waals surface area (Å²) < 4.78 is 5.18. The average Bonchev–Trinajstić information content (AvgIpc) is 2.62. The van der Waals surface area contributed by atoms with Gasteiger partial charge < -0.3 is 4.74 Å². The van der Waals surface area contributed by atoms with Crippen LogP contribution in [0.1, 0.15) is 11.1 Å². The van der Waals surface area contributed by atoms with E-state index in [4.69, 9.17) is 16.3 Å². The fraction of sp³-hybridized carbons (Fsp3) is 0.105. The lowest BCUT2D eigenvalue weighted by Crippen LogP contribution is -2.19. The summed E-state index contributed by atoms with van der Waals surface area (Å²) in [6.07, 6.45) is 1.75. The van der Waals surface area contributed by atoms with Crippen LogP contribution in [0.15, 0.2) is 59.7 Å². The monoisotopic (exact) mass is 353 g/mol. The maximum atomic E-state index is 11.9. The maximum absolute atomic E-state index is 11.9. The summed E-state index contributed by atoms with van der Waals surface area (Å²) >= 11 is 6.19. The molecule has 0 fully saturated rings. The third kappa shape index (κ3) is 4.33. The molecule has 1 aromatic heterocycles. The molecule has 0 aliphatic rings. The summed E-state index contributed by atoms with van der Waals surface area (Å²) in [7, 11) is 1.60. The van der Waals surface area contributed by atoms with Crippen molar-refractivity contribution < 1.29 is 9.53 Å². The molecule has 25 heavy (non-hydrogen) atoms. The van der Waals surface area contributed by atoms with E-state index in [9.17, 15) is 4.79 Å². The summed E-state index contributed by atoms with van der Waals surface area (Å²) in [5.74, 6) is 0.516. The highest BCUT2D eigenvalue weighted by atomic mass is 35.5. The minimum atomic E-state index is -0.197. The Morgan fingerprint density at radius 3 is 2.80 bits per heavy atom. The molecule has 1 amide bonds. The summed E-state index contributed by atoms with van der Waals surface area (Å²) in [6, 6.07) is 16.9. The molecule has 126 valence electrons. The SMILES string of the molecule is COc1ccc2cc(/C=N/NC(=O)Cc3ccccc3)c(Cl)nc2c1. The second-order valence-corrected chi connectivity index (χ2v) is 5.74. The van der Waals surface area contributed by atoms with Crippen molar-refractivity contribution >= 4 is 34.6 Å². The third-order valence-corrected chi connectivity index (χ3v) is 3.91. The first-order valence-electron chi connectivity index (χ1n) is 7.66. The van der Waals surface area contributed by atoms with Crippen LogP contribution in [0.2, 0.25) is 5.15 Å². The Hall–Kier alpha value is -2.92. The smallest absolute Gasteiger partial charge is 0.244 e. The van der Waals surface area contributed by atoms with E-state index in [-0.39, 0.29) is 12.3 Å². The number of rotatable bonds is 5. The predicted octanol–water partition coefficient (Wildman–Crippen LogP) is 3.59. The Bertz CT molecular complexity index is 927. The van der Waals surface area contributed by atoms with Gasteiger partial charge in [0.1, 0.15) is 10.9 Å². The number of methoxy groups -OCH3 is 1. The molecule has 0 saturated heterocycles. The standard InChI is InChI=1S/C19H16ClN3O2/c1-25-16-8-7-14-10-15(19(20)22-17(14)11-16)12-21-23-18(24)9-13-5-3-2-4-6-13/h2-8,10-12H,9H2,1H3,(H,23,24)/b21-12+. The second kappa shape index (κ2) is 7.77. The number of pyridine rings is 1. The van der Waals surface area contributed by atoms with Crippen molar-refractivity contribution in [2.75, 3.05) is 7.11 Å². The first kappa shape index (κ1) is 16.9. The number of amides is 1. The highest BCUT2D eigenvalue weighted by Crippen LogP contribution is 2.23. The highest BCUT2D eigenvalue weighted by molar-refractivity contribution is 6.32. The molecule has 6 heteroatoms. The number of fused-ring (bicyclic) bond motifs is 1. The van der Waals surface area contributed by atoms with Gasteiger partial charge >= 0.3 is 0 Å². The molecule has 0 aliphatic carbocycles. The summed E-state index contributed by atoms with van der Waals surface area (Å²) in [5, 5.41) is 5.18. The molecule has 0 bridgehead atoms. The molecule has 0 unspecified atom stereocenters. The Labute approximate surface area is 150 Å². The number of nitrogens with one attached hydrogen (secondary N) is 1. The summed E-state index contributed by atoms with van der Waals surface area (Å²) in [5.41, 5.74) is 4.78. The van der Waals surface area contributed by atoms with Crippen LogP contribution in [0.5, 0.6) is 5.75 Å². The highest BCUT2D eigenvalue weighted by Gasteiger charge is 2.05. The van der Waals surface area contributed by atoms with E-state index in [1.165, 1.54) is 6.21 Å². The quantitative estimate of drug-likeness (QED) is 0.433. The molecule has 0 atom stereocenters. The van der Waals surface area contributed by atoms with Gasteiger partial charge in [-0.15, -0.1) is 0 Å². The molecule has 1 N–H and O–H groups in total. The van der Waals surface area contributed by atoms with Crippen LogP contribution in [0.3, 0.4) is 0 Å². The van der Waals surface area contributed by atoms with E-state index < -0.39 is 0 Å². The van der Waals surface area contributed by atoms with Crippen molar-refractivity contribution in [2.24, 2.45) is 5.10 Å². The van der Waals surface area contributed by atoms with Gasteiger partial charge in [-0.25, -0.2) is 10.4 Å². The Morgan fingerprint density at radius 2 is 2.04 bits per heavy atom. The number of ether oxygens (including phenoxy) is 1. The fourth-order valence-corrected chi connectivity index (χ4v) is 2.55. The number of carbonyl (C=O) groups is 1. The fourth-order valence-electron chi connectivity index (χ4n) is 2.35. The van der Waals surface area contributed by atoms with E-state index in [1.54, 1.807) is 7.11 Å². The zero-order valence-corrected chi connectivity index (χ0v) is 14.3. The van der Waals surface area contributed by atoms with Gasteiger partial charge in [0.25, 0.3) is 0 Å². The second-order valence-electron chi connectivity index (χ2n) is 5.38. The lowest BCUT2D eigenvalue weighted by atomic mass is 10.1. The molecular formula is C19H16ClN3O2. The number of hydrogen-bond acceptors (Lipinski definition) is 4. The number of hydrazone groups is 1. The molecule has 1 heterocycles. The van der Waals surface area contributed by atoms with Crippen LogP contribution in [0.4, 0.5) is 0 Å². The van der Waals surface area contributed by atoms with Crippen molar-refractivity contribution in [3.63, 3.8) is 0 Å². The van der Waals surface area contributed by atoms with E-state index in [2.05, 4.69) is 15.5 Å². The van der Waals surface area contributed by atoms with Gasteiger partial charge in [-0.05, 0) is 23.8 Å². The van der Waals surface area contributed by atoms with Crippen LogP contribution in [0, 0.1) is 0 Å². The van der Waals surface area contributed by atoms with Crippen molar-refractivity contribution in [3.8, 4) is 5.75 Å². The molecule has 0 aliphatic heterocycles. The number of halogens is 1. The van der Waals surface area contributed by atoms with E-state index >= 15 is 0 Å². The van der Waals surface area contributed by atoms with Crippen LogP contribution in [-0.2, 0) is 11.2 Å².